The minimum absolute atomic E-state index is 0.177. The van der Waals surface area contributed by atoms with Crippen molar-refractivity contribution in [3.8, 4) is 5.75 Å². The molecule has 3 atom stereocenters. The molecule has 3 heterocycles. The first-order valence-electron chi connectivity index (χ1n) is 13.6. The number of aromatic nitrogens is 2. The van der Waals surface area contributed by atoms with Gasteiger partial charge in [0.05, 0.1) is 12.6 Å². The van der Waals surface area contributed by atoms with E-state index in [-0.39, 0.29) is 6.42 Å². The van der Waals surface area contributed by atoms with Gasteiger partial charge < -0.3 is 19.3 Å². The number of aryl methyl sites for hydroxylation is 2. The van der Waals surface area contributed by atoms with Crippen LogP contribution in [-0.2, 0) is 18.3 Å². The Morgan fingerprint density at radius 2 is 2.08 bits per heavy atom. The number of pyridine rings is 1. The second-order valence-corrected chi connectivity index (χ2v) is 10.4. The number of rotatable bonds is 13. The minimum Gasteiger partial charge on any atom is -0.497 e. The molecule has 7 heteroatoms. The Bertz CT molecular complexity index is 1160. The van der Waals surface area contributed by atoms with E-state index in [0.29, 0.717) is 36.0 Å². The van der Waals surface area contributed by atoms with Gasteiger partial charge in [-0.25, -0.2) is 4.39 Å². The van der Waals surface area contributed by atoms with E-state index in [1.54, 1.807) is 19.4 Å². The average Bonchev–Trinajstić information content (AvgIpc) is 3.32. The van der Waals surface area contributed by atoms with Crippen molar-refractivity contribution in [3.05, 3.63) is 60.0 Å². The zero-order valence-electron chi connectivity index (χ0n) is 22.1. The molecule has 6 nitrogen and oxygen atoms in total. The molecule has 1 aromatic carbocycles. The Morgan fingerprint density at radius 1 is 1.22 bits per heavy atom. The highest BCUT2D eigenvalue weighted by atomic mass is 19.1. The number of fused-ring (bicyclic) bond motifs is 1. The van der Waals surface area contributed by atoms with E-state index in [1.807, 2.05) is 18.2 Å². The number of alkyl halides is 1. The lowest BCUT2D eigenvalue weighted by Gasteiger charge is -2.39. The van der Waals surface area contributed by atoms with Crippen molar-refractivity contribution in [1.29, 1.82) is 0 Å². The van der Waals surface area contributed by atoms with Gasteiger partial charge >= 0.3 is 5.97 Å². The van der Waals surface area contributed by atoms with Crippen molar-refractivity contribution in [2.45, 2.75) is 57.5 Å². The second kappa shape index (κ2) is 13.0. The molecule has 37 heavy (non-hydrogen) atoms. The summed E-state index contributed by atoms with van der Waals surface area (Å²) in [6.07, 6.45) is 9.05. The number of carbonyl (C=O) groups is 1. The monoisotopic (exact) mass is 509 g/mol. The topological polar surface area (TPSA) is 67.6 Å². The van der Waals surface area contributed by atoms with Gasteiger partial charge in [0.2, 0.25) is 0 Å². The fourth-order valence-corrected chi connectivity index (χ4v) is 5.84. The van der Waals surface area contributed by atoms with Crippen LogP contribution in [0.2, 0.25) is 0 Å². The summed E-state index contributed by atoms with van der Waals surface area (Å²) in [6.45, 7) is 2.95. The summed E-state index contributed by atoms with van der Waals surface area (Å²) in [5.74, 6) is 0.580. The van der Waals surface area contributed by atoms with Gasteiger partial charge in [-0.2, -0.15) is 0 Å². The maximum atomic E-state index is 15.5. The maximum absolute atomic E-state index is 15.5. The number of piperidine rings is 1. The van der Waals surface area contributed by atoms with E-state index in [4.69, 9.17) is 4.74 Å². The molecule has 1 unspecified atom stereocenters. The second-order valence-electron chi connectivity index (χ2n) is 10.4. The van der Waals surface area contributed by atoms with Crippen LogP contribution in [0.4, 0.5) is 4.39 Å². The number of unbranched alkanes of at least 4 members (excludes halogenated alkanes) is 1. The summed E-state index contributed by atoms with van der Waals surface area (Å²) < 4.78 is 23.1. The Hall–Kier alpha value is -2.93. The van der Waals surface area contributed by atoms with Crippen LogP contribution in [-0.4, -0.2) is 52.3 Å². The third kappa shape index (κ3) is 7.31. The van der Waals surface area contributed by atoms with E-state index in [0.717, 1.165) is 62.6 Å². The highest BCUT2D eigenvalue weighted by molar-refractivity contribution is 5.83. The van der Waals surface area contributed by atoms with Gasteiger partial charge in [0.15, 0.2) is 0 Å². The van der Waals surface area contributed by atoms with Crippen molar-refractivity contribution < 1.29 is 19.0 Å². The predicted molar refractivity (Wildman–Crippen MR) is 145 cm³/mol. The first-order chi connectivity index (χ1) is 17.9. The molecule has 0 bridgehead atoms. The molecule has 0 saturated carbocycles. The first kappa shape index (κ1) is 27.1. The number of carboxylic acid groups (broad SMARTS) is 1. The number of hydrogen-bond donors (Lipinski definition) is 1. The number of ether oxygens (including phenoxy) is 1. The highest BCUT2D eigenvalue weighted by Gasteiger charge is 2.30. The van der Waals surface area contributed by atoms with Crippen LogP contribution in [0.3, 0.4) is 0 Å². The van der Waals surface area contributed by atoms with E-state index in [1.165, 1.54) is 5.69 Å². The van der Waals surface area contributed by atoms with Gasteiger partial charge in [0.25, 0.3) is 0 Å². The van der Waals surface area contributed by atoms with Crippen molar-refractivity contribution in [1.82, 2.24) is 14.5 Å². The lowest BCUT2D eigenvalue weighted by atomic mass is 9.79. The molecule has 1 aliphatic rings. The molecule has 1 saturated heterocycles. The molecule has 0 aliphatic carbocycles. The number of aliphatic carboxylic acids is 1. The van der Waals surface area contributed by atoms with Crippen LogP contribution in [0.15, 0.2) is 48.8 Å². The number of hydrogen-bond acceptors (Lipinski definition) is 4. The van der Waals surface area contributed by atoms with Crippen LogP contribution in [0.1, 0.15) is 62.4 Å². The minimum atomic E-state index is -1.09. The van der Waals surface area contributed by atoms with Gasteiger partial charge in [-0.05, 0) is 112 Å². The zero-order chi connectivity index (χ0) is 26.2. The van der Waals surface area contributed by atoms with E-state index < -0.39 is 12.1 Å². The quantitative estimate of drug-likeness (QED) is 0.278. The number of benzene rings is 1. The molecule has 0 radical (unpaired) electrons. The molecule has 1 N–H and O–H groups in total. The lowest BCUT2D eigenvalue weighted by Crippen LogP contribution is -2.41. The average molecular weight is 510 g/mol. The van der Waals surface area contributed by atoms with Gasteiger partial charge in [-0.3, -0.25) is 9.78 Å². The molecule has 3 aromatic rings. The van der Waals surface area contributed by atoms with E-state index in [9.17, 15) is 9.90 Å². The van der Waals surface area contributed by atoms with Crippen LogP contribution in [0.25, 0.3) is 10.9 Å². The Morgan fingerprint density at radius 3 is 2.84 bits per heavy atom. The molecular formula is C30H40FN3O3. The van der Waals surface area contributed by atoms with Crippen LogP contribution < -0.4 is 4.74 Å². The van der Waals surface area contributed by atoms with Gasteiger partial charge in [-0.1, -0.05) is 0 Å². The molecule has 200 valence electrons. The number of carboxylic acids is 1. The number of methoxy groups -OCH3 is 1. The zero-order valence-corrected chi connectivity index (χ0v) is 22.1. The Balaban J connectivity index is 1.32. The number of halogens is 1. The van der Waals surface area contributed by atoms with Gasteiger partial charge in [-0.15, -0.1) is 0 Å². The SMILES string of the molecule is COc1ccc2nccc(C(F)CC[C@@H]3CCN(CCCCc4cccn4C)C[C@@H]3CCC(=O)O)c2c1. The summed E-state index contributed by atoms with van der Waals surface area (Å²) in [5, 5.41) is 10.1. The predicted octanol–water partition coefficient (Wildman–Crippen LogP) is 6.20. The number of likely N-dealkylation sites (tertiary alicyclic amines) is 1. The van der Waals surface area contributed by atoms with Crippen LogP contribution >= 0.6 is 0 Å². The number of nitrogens with zero attached hydrogens (tertiary/aromatic N) is 3. The van der Waals surface area contributed by atoms with Crippen LogP contribution in [0.5, 0.6) is 5.75 Å². The molecule has 1 aliphatic heterocycles. The first-order valence-corrected chi connectivity index (χ1v) is 13.6. The standard InChI is InChI=1S/C30H40FN3O3/c1-33-17-5-7-24(33)6-3-4-18-34-19-15-22(23(21-34)9-13-30(35)36)8-11-28(31)26-14-16-32-29-12-10-25(37-2)20-27(26)29/h5,7,10,12,14,16-17,20,22-23,28H,3-4,6,8-9,11,13,15,18-19,21H2,1-2H3,(H,35,36)/t22-,23+,28?/m1/s1. The van der Waals surface area contributed by atoms with Crippen molar-refractivity contribution in [2.75, 3.05) is 26.7 Å². The largest absolute Gasteiger partial charge is 0.497 e. The van der Waals surface area contributed by atoms with Gasteiger partial charge in [0.1, 0.15) is 11.9 Å². The van der Waals surface area contributed by atoms with E-state index >= 15 is 4.39 Å². The highest BCUT2D eigenvalue weighted by Crippen LogP contribution is 2.36. The molecule has 1 fully saturated rings. The fourth-order valence-electron chi connectivity index (χ4n) is 5.84. The van der Waals surface area contributed by atoms with E-state index in [2.05, 4.69) is 39.8 Å². The molecule has 0 spiro atoms. The van der Waals surface area contributed by atoms with Crippen molar-refractivity contribution >= 4 is 16.9 Å². The maximum Gasteiger partial charge on any atom is 0.303 e. The van der Waals surface area contributed by atoms with Crippen molar-refractivity contribution in [2.24, 2.45) is 18.9 Å². The normalized spacial score (nSPS) is 19.2. The molecular weight excluding hydrogens is 469 g/mol. The Labute approximate surface area is 219 Å². The smallest absolute Gasteiger partial charge is 0.303 e. The molecule has 4 rings (SSSR count). The third-order valence-electron chi connectivity index (χ3n) is 8.02. The summed E-state index contributed by atoms with van der Waals surface area (Å²) >= 11 is 0. The fraction of sp³-hybridized carbons (Fsp3) is 0.533. The van der Waals surface area contributed by atoms with Crippen LogP contribution in [0, 0.1) is 11.8 Å². The van der Waals surface area contributed by atoms with Gasteiger partial charge in [0, 0.05) is 43.5 Å². The molecule has 2 aromatic heterocycles. The lowest BCUT2D eigenvalue weighted by molar-refractivity contribution is -0.137. The third-order valence-corrected chi connectivity index (χ3v) is 8.02. The molecule has 0 amide bonds. The van der Waals surface area contributed by atoms with Crippen molar-refractivity contribution in [3.63, 3.8) is 0 Å². The summed E-state index contributed by atoms with van der Waals surface area (Å²) in [4.78, 5) is 18.2. The summed E-state index contributed by atoms with van der Waals surface area (Å²) in [7, 11) is 3.69. The summed E-state index contributed by atoms with van der Waals surface area (Å²) in [5.41, 5.74) is 2.78. The Kier molecular flexibility index (Phi) is 9.56. The summed E-state index contributed by atoms with van der Waals surface area (Å²) in [6, 6.07) is 11.6.